The third kappa shape index (κ3) is 15.8. The number of nitrogens with zero attached hydrogens (tertiary/aromatic N) is 1. The Hall–Kier alpha value is -1.54. The largest absolute Gasteiger partial charge is 0.381 e. The average molecular weight is 528 g/mol. The molecule has 0 radical (unpaired) electrons. The van der Waals surface area contributed by atoms with Crippen LogP contribution in [-0.4, -0.2) is 26.3 Å². The number of benzene rings is 1. The second-order valence-electron chi connectivity index (χ2n) is 12.4. The summed E-state index contributed by atoms with van der Waals surface area (Å²) in [6.07, 6.45) is 17.2. The molecule has 2 aliphatic rings. The molecule has 1 spiro atoms. The summed E-state index contributed by atoms with van der Waals surface area (Å²) >= 11 is 0. The molecule has 0 aromatic heterocycles. The second-order valence-corrected chi connectivity index (χ2v) is 12.4. The highest BCUT2D eigenvalue weighted by atomic mass is 16.5. The van der Waals surface area contributed by atoms with Crippen molar-refractivity contribution in [3.63, 3.8) is 0 Å². The second kappa shape index (κ2) is 20.4. The lowest BCUT2D eigenvalue weighted by Crippen LogP contribution is -2.26. The van der Waals surface area contributed by atoms with Crippen LogP contribution in [0.1, 0.15) is 138 Å². The van der Waals surface area contributed by atoms with Crippen molar-refractivity contribution in [3.8, 4) is 0 Å². The van der Waals surface area contributed by atoms with Crippen LogP contribution in [0, 0.1) is 17.8 Å². The number of anilines is 1. The zero-order chi connectivity index (χ0) is 29.0. The maximum atomic E-state index is 5.13. The van der Waals surface area contributed by atoms with Crippen molar-refractivity contribution in [2.75, 3.05) is 31.2 Å². The molecule has 0 heterocycles. The van der Waals surface area contributed by atoms with E-state index in [1.165, 1.54) is 81.3 Å². The Balaban J connectivity index is 0.000000706. The molecule has 38 heavy (non-hydrogen) atoms. The van der Waals surface area contributed by atoms with Crippen molar-refractivity contribution >= 4 is 11.3 Å². The third-order valence-electron chi connectivity index (χ3n) is 7.25. The van der Waals surface area contributed by atoms with Crippen molar-refractivity contribution in [2.45, 2.75) is 133 Å². The lowest BCUT2D eigenvalue weighted by atomic mass is 9.83. The first-order valence-electron chi connectivity index (χ1n) is 15.8. The normalized spacial score (nSPS) is 15.1. The van der Waals surface area contributed by atoms with Gasteiger partial charge in [-0.25, -0.2) is 0 Å². The van der Waals surface area contributed by atoms with Gasteiger partial charge < -0.3 is 9.64 Å². The Labute approximate surface area is 239 Å². The van der Waals surface area contributed by atoms with E-state index in [2.05, 4.69) is 98.1 Å². The van der Waals surface area contributed by atoms with Gasteiger partial charge in [0.05, 0.1) is 0 Å². The van der Waals surface area contributed by atoms with Crippen LogP contribution >= 0.6 is 0 Å². The van der Waals surface area contributed by atoms with Crippen LogP contribution in [0.25, 0.3) is 5.57 Å². The van der Waals surface area contributed by atoms with Crippen molar-refractivity contribution in [3.05, 3.63) is 48.1 Å². The molecule has 3 rings (SSSR count). The van der Waals surface area contributed by atoms with Crippen LogP contribution in [0.2, 0.25) is 0 Å². The Morgan fingerprint density at radius 1 is 0.921 bits per heavy atom. The standard InChI is InChI=1S/C21H31N.C6H14O.C6H14.C3H6/c1-4-14-22(15-5-2)20-7-6-17(3)16-19(20)18-8-10-21(11-9-18)12-13-21;1-3-5-7-6-4-2;1-5-6(2,3)4;1-3-2/h6-8,16H,4-5,9-15H2,1-3H3;3-6H2,1-2H3;5H2,1-4H3;3H,1H2,2H3. The van der Waals surface area contributed by atoms with Crippen LogP contribution in [0.5, 0.6) is 0 Å². The van der Waals surface area contributed by atoms with Gasteiger partial charge in [0.1, 0.15) is 0 Å². The number of allylic oxidation sites excluding steroid dienone is 3. The Bertz CT molecular complexity index is 756. The minimum absolute atomic E-state index is 0.542. The Kier molecular flexibility index (Phi) is 19.5. The van der Waals surface area contributed by atoms with E-state index >= 15 is 0 Å². The van der Waals surface area contributed by atoms with E-state index in [0.717, 1.165) is 31.5 Å². The van der Waals surface area contributed by atoms with Gasteiger partial charge >= 0.3 is 0 Å². The summed E-state index contributed by atoms with van der Waals surface area (Å²) in [7, 11) is 0. The summed E-state index contributed by atoms with van der Waals surface area (Å²) in [4.78, 5) is 2.59. The summed E-state index contributed by atoms with van der Waals surface area (Å²) in [5.41, 5.74) is 7.23. The molecule has 0 unspecified atom stereocenters. The lowest BCUT2D eigenvalue weighted by Gasteiger charge is -2.29. The molecule has 0 amide bonds. The molecule has 1 aromatic carbocycles. The molecule has 0 aliphatic heterocycles. The monoisotopic (exact) mass is 528 g/mol. The van der Waals surface area contributed by atoms with Gasteiger partial charge in [-0.2, -0.15) is 0 Å². The topological polar surface area (TPSA) is 12.5 Å². The molecule has 1 saturated carbocycles. The molecular weight excluding hydrogens is 462 g/mol. The number of ether oxygens (including phenoxy) is 1. The minimum Gasteiger partial charge on any atom is -0.381 e. The molecule has 1 fully saturated rings. The number of rotatable bonds is 10. The maximum absolute atomic E-state index is 5.13. The van der Waals surface area contributed by atoms with Gasteiger partial charge in [-0.15, -0.1) is 6.58 Å². The molecule has 0 atom stereocenters. The first kappa shape index (κ1) is 36.5. The summed E-state index contributed by atoms with van der Waals surface area (Å²) in [6, 6.07) is 7.06. The maximum Gasteiger partial charge on any atom is 0.0463 e. The highest BCUT2D eigenvalue weighted by Gasteiger charge is 2.42. The Morgan fingerprint density at radius 3 is 1.82 bits per heavy atom. The quantitative estimate of drug-likeness (QED) is 0.221. The van der Waals surface area contributed by atoms with Gasteiger partial charge in [0, 0.05) is 37.6 Å². The molecule has 0 N–H and O–H groups in total. The van der Waals surface area contributed by atoms with Gasteiger partial charge in [-0.05, 0) is 100 Å². The fraction of sp³-hybridized carbons (Fsp3) is 0.722. The smallest absolute Gasteiger partial charge is 0.0463 e. The van der Waals surface area contributed by atoms with E-state index in [-0.39, 0.29) is 0 Å². The molecule has 1 aromatic rings. The van der Waals surface area contributed by atoms with Crippen molar-refractivity contribution < 1.29 is 4.74 Å². The predicted octanol–water partition coefficient (Wildman–Crippen LogP) is 11.4. The van der Waals surface area contributed by atoms with Gasteiger partial charge in [0.25, 0.3) is 0 Å². The van der Waals surface area contributed by atoms with E-state index in [4.69, 9.17) is 4.74 Å². The van der Waals surface area contributed by atoms with Gasteiger partial charge in [-0.1, -0.05) is 85.6 Å². The summed E-state index contributed by atoms with van der Waals surface area (Å²) in [5.74, 6) is 0. The summed E-state index contributed by atoms with van der Waals surface area (Å²) in [6.45, 7) is 29.4. The fourth-order valence-corrected chi connectivity index (χ4v) is 4.29. The molecule has 0 saturated heterocycles. The first-order chi connectivity index (χ1) is 18.1. The molecular formula is C36H65NO. The molecule has 2 heteroatoms. The third-order valence-corrected chi connectivity index (χ3v) is 7.25. The van der Waals surface area contributed by atoms with Gasteiger partial charge in [-0.3, -0.25) is 0 Å². The average Bonchev–Trinajstić information content (AvgIpc) is 3.64. The lowest BCUT2D eigenvalue weighted by molar-refractivity contribution is 0.135. The minimum atomic E-state index is 0.542. The summed E-state index contributed by atoms with van der Waals surface area (Å²) in [5, 5.41) is 0. The molecule has 2 nitrogen and oxygen atoms in total. The van der Waals surface area contributed by atoms with E-state index in [1.807, 2.05) is 6.92 Å². The SMILES string of the molecule is C=CC.CCC(C)(C)C.CCCN(CCC)c1ccc(C)cc1C1=CCC2(CC1)CC2.CCCOCCC. The molecule has 2 aliphatic carbocycles. The number of hydrogen-bond donors (Lipinski definition) is 0. The summed E-state index contributed by atoms with van der Waals surface area (Å²) < 4.78 is 5.13. The zero-order valence-electron chi connectivity index (χ0n) is 27.3. The van der Waals surface area contributed by atoms with E-state index in [1.54, 1.807) is 11.6 Å². The van der Waals surface area contributed by atoms with Gasteiger partial charge in [0.15, 0.2) is 0 Å². The predicted molar refractivity (Wildman–Crippen MR) is 174 cm³/mol. The molecule has 220 valence electrons. The van der Waals surface area contributed by atoms with Crippen LogP contribution < -0.4 is 4.90 Å². The van der Waals surface area contributed by atoms with Crippen molar-refractivity contribution in [1.29, 1.82) is 0 Å². The van der Waals surface area contributed by atoms with E-state index in [9.17, 15) is 0 Å². The van der Waals surface area contributed by atoms with Crippen LogP contribution in [0.3, 0.4) is 0 Å². The molecule has 0 bridgehead atoms. The van der Waals surface area contributed by atoms with Crippen LogP contribution in [0.15, 0.2) is 36.9 Å². The zero-order valence-corrected chi connectivity index (χ0v) is 27.3. The van der Waals surface area contributed by atoms with Crippen molar-refractivity contribution in [2.24, 2.45) is 10.8 Å². The number of aryl methyl sites for hydroxylation is 1. The highest BCUT2D eigenvalue weighted by Crippen LogP contribution is 2.56. The number of hydrogen-bond acceptors (Lipinski definition) is 2. The van der Waals surface area contributed by atoms with E-state index < -0.39 is 0 Å². The van der Waals surface area contributed by atoms with Crippen LogP contribution in [0.4, 0.5) is 5.69 Å². The van der Waals surface area contributed by atoms with Crippen molar-refractivity contribution in [1.82, 2.24) is 0 Å². The highest BCUT2D eigenvalue weighted by molar-refractivity contribution is 5.78. The fourth-order valence-electron chi connectivity index (χ4n) is 4.29. The first-order valence-corrected chi connectivity index (χ1v) is 15.8. The van der Waals surface area contributed by atoms with Crippen LogP contribution in [-0.2, 0) is 4.74 Å². The van der Waals surface area contributed by atoms with Gasteiger partial charge in [0.2, 0.25) is 0 Å². The Morgan fingerprint density at radius 2 is 1.45 bits per heavy atom. The van der Waals surface area contributed by atoms with E-state index in [0.29, 0.717) is 5.41 Å².